The third-order valence-corrected chi connectivity index (χ3v) is 4.18. The Labute approximate surface area is 111 Å². The summed E-state index contributed by atoms with van der Waals surface area (Å²) in [6.07, 6.45) is 1.61. The summed E-state index contributed by atoms with van der Waals surface area (Å²) in [5.41, 5.74) is 5.57. The van der Waals surface area contributed by atoms with Crippen molar-refractivity contribution in [2.45, 2.75) is 10.1 Å². The summed E-state index contributed by atoms with van der Waals surface area (Å²) < 4.78 is 6.33. The first kappa shape index (κ1) is 11.6. The van der Waals surface area contributed by atoms with E-state index in [-0.39, 0.29) is 0 Å². The van der Waals surface area contributed by atoms with Crippen molar-refractivity contribution in [1.82, 2.24) is 9.97 Å². The lowest BCUT2D eigenvalue weighted by atomic mass is 10.3. The summed E-state index contributed by atoms with van der Waals surface area (Å²) in [6.45, 7) is 0. The van der Waals surface area contributed by atoms with Crippen LogP contribution in [0.4, 0.5) is 5.82 Å². The number of methoxy groups -OCH3 is 1. The Balaban J connectivity index is 2.26. The van der Waals surface area contributed by atoms with Gasteiger partial charge in [0, 0.05) is 8.47 Å². The number of nitrogens with two attached hydrogens (primary N) is 1. The van der Waals surface area contributed by atoms with Crippen molar-refractivity contribution in [3.05, 3.63) is 28.0 Å². The van der Waals surface area contributed by atoms with Crippen LogP contribution >= 0.6 is 34.4 Å². The zero-order valence-corrected chi connectivity index (χ0v) is 11.5. The molecule has 2 aromatic rings. The van der Waals surface area contributed by atoms with E-state index in [9.17, 15) is 0 Å². The summed E-state index contributed by atoms with van der Waals surface area (Å²) in [4.78, 5) is 8.21. The van der Waals surface area contributed by atoms with Gasteiger partial charge in [0.25, 0.3) is 0 Å². The Bertz CT molecular complexity index is 501. The second-order valence-corrected chi connectivity index (χ2v) is 5.23. The Hall–Kier alpha value is -0.890. The fourth-order valence-electron chi connectivity index (χ4n) is 1.16. The van der Waals surface area contributed by atoms with Gasteiger partial charge in [-0.2, -0.15) is 0 Å². The quantitative estimate of drug-likeness (QED) is 0.838. The lowest BCUT2D eigenvalue weighted by molar-refractivity contribution is 0.413. The number of nitrogens with one attached hydrogen (secondary N) is 1. The van der Waals surface area contributed by atoms with Crippen molar-refractivity contribution in [2.75, 3.05) is 12.8 Å². The van der Waals surface area contributed by atoms with E-state index < -0.39 is 0 Å². The zero-order chi connectivity index (χ0) is 11.5. The van der Waals surface area contributed by atoms with Crippen LogP contribution in [-0.2, 0) is 0 Å². The molecule has 0 unspecified atom stereocenters. The van der Waals surface area contributed by atoms with Gasteiger partial charge in [-0.1, -0.05) is 11.8 Å². The highest BCUT2D eigenvalue weighted by Gasteiger charge is 2.06. The second-order valence-electron chi connectivity index (χ2n) is 3.04. The van der Waals surface area contributed by atoms with E-state index in [1.54, 1.807) is 13.3 Å². The SMILES string of the molecule is COc1ccc(I)c(Sc2ncc(N)[nH]2)c1. The van der Waals surface area contributed by atoms with Crippen LogP contribution in [0.2, 0.25) is 0 Å². The normalized spacial score (nSPS) is 10.4. The molecule has 16 heavy (non-hydrogen) atoms. The van der Waals surface area contributed by atoms with Gasteiger partial charge in [0.05, 0.1) is 13.3 Å². The molecule has 1 aromatic carbocycles. The van der Waals surface area contributed by atoms with Crippen molar-refractivity contribution < 1.29 is 4.74 Å². The first-order valence-electron chi connectivity index (χ1n) is 4.51. The molecule has 0 radical (unpaired) electrons. The van der Waals surface area contributed by atoms with Gasteiger partial charge in [-0.15, -0.1) is 0 Å². The molecule has 84 valence electrons. The van der Waals surface area contributed by atoms with E-state index in [4.69, 9.17) is 10.5 Å². The molecule has 1 heterocycles. The number of aromatic nitrogens is 2. The maximum absolute atomic E-state index is 5.57. The minimum Gasteiger partial charge on any atom is -0.497 e. The fourth-order valence-corrected chi connectivity index (χ4v) is 2.65. The maximum atomic E-state index is 5.57. The number of anilines is 1. The van der Waals surface area contributed by atoms with Gasteiger partial charge in [-0.25, -0.2) is 4.98 Å². The largest absolute Gasteiger partial charge is 0.497 e. The van der Waals surface area contributed by atoms with Gasteiger partial charge >= 0.3 is 0 Å². The first-order valence-corrected chi connectivity index (χ1v) is 6.40. The van der Waals surface area contributed by atoms with Gasteiger partial charge in [0.2, 0.25) is 0 Å². The van der Waals surface area contributed by atoms with Crippen LogP contribution in [0.5, 0.6) is 5.75 Å². The van der Waals surface area contributed by atoms with Gasteiger partial charge in [0.1, 0.15) is 11.6 Å². The minimum absolute atomic E-state index is 0.570. The summed E-state index contributed by atoms with van der Waals surface area (Å²) in [7, 11) is 1.65. The highest BCUT2D eigenvalue weighted by molar-refractivity contribution is 14.1. The molecule has 0 fully saturated rings. The molecule has 1 aromatic heterocycles. The Morgan fingerprint density at radius 1 is 1.50 bits per heavy atom. The molecule has 0 saturated carbocycles. The van der Waals surface area contributed by atoms with Crippen LogP contribution in [0.25, 0.3) is 0 Å². The number of nitrogens with zero attached hydrogens (tertiary/aromatic N) is 1. The molecule has 0 aliphatic carbocycles. The highest BCUT2D eigenvalue weighted by atomic mass is 127. The van der Waals surface area contributed by atoms with E-state index in [1.165, 1.54) is 11.8 Å². The predicted octanol–water partition coefficient (Wildman–Crippen LogP) is 2.76. The molecule has 6 heteroatoms. The van der Waals surface area contributed by atoms with Crippen molar-refractivity contribution in [3.63, 3.8) is 0 Å². The van der Waals surface area contributed by atoms with Crippen LogP contribution in [0, 0.1) is 3.57 Å². The molecule has 0 atom stereocenters. The van der Waals surface area contributed by atoms with Crippen molar-refractivity contribution >= 4 is 40.2 Å². The number of rotatable bonds is 3. The number of aromatic amines is 1. The number of ether oxygens (including phenoxy) is 1. The van der Waals surface area contributed by atoms with E-state index in [0.29, 0.717) is 5.82 Å². The van der Waals surface area contributed by atoms with E-state index in [2.05, 4.69) is 32.6 Å². The molecular weight excluding hydrogens is 337 g/mol. The number of H-pyrrole nitrogens is 1. The molecule has 2 rings (SSSR count). The Morgan fingerprint density at radius 2 is 2.31 bits per heavy atom. The number of benzene rings is 1. The molecule has 0 spiro atoms. The molecule has 4 nitrogen and oxygen atoms in total. The summed E-state index contributed by atoms with van der Waals surface area (Å²) >= 11 is 3.81. The predicted molar refractivity (Wildman–Crippen MR) is 72.8 cm³/mol. The van der Waals surface area contributed by atoms with Crippen molar-refractivity contribution in [3.8, 4) is 5.75 Å². The van der Waals surface area contributed by atoms with Gasteiger partial charge < -0.3 is 15.5 Å². The maximum Gasteiger partial charge on any atom is 0.171 e. The van der Waals surface area contributed by atoms with E-state index in [0.717, 1.165) is 19.4 Å². The molecule has 0 saturated heterocycles. The third kappa shape index (κ3) is 2.62. The van der Waals surface area contributed by atoms with Crippen molar-refractivity contribution in [1.29, 1.82) is 0 Å². The number of imidazole rings is 1. The third-order valence-electron chi connectivity index (χ3n) is 1.92. The Kier molecular flexibility index (Phi) is 3.59. The summed E-state index contributed by atoms with van der Waals surface area (Å²) in [5, 5.41) is 0.781. The Morgan fingerprint density at radius 3 is 2.94 bits per heavy atom. The van der Waals surface area contributed by atoms with Crippen LogP contribution in [0.3, 0.4) is 0 Å². The number of hydrogen-bond donors (Lipinski definition) is 2. The molecule has 0 amide bonds. The second kappa shape index (κ2) is 4.96. The number of nitrogen functional groups attached to an aromatic ring is 1. The standard InChI is InChI=1S/C10H10IN3OS/c1-15-6-2-3-7(11)8(4-6)16-10-13-5-9(12)14-10/h2-5H,12H2,1H3,(H,13,14). The molecule has 3 N–H and O–H groups in total. The molecular formula is C10H10IN3OS. The fraction of sp³-hybridized carbons (Fsp3) is 0.100. The first-order chi connectivity index (χ1) is 7.69. The molecule has 0 aliphatic rings. The van der Waals surface area contributed by atoms with Gasteiger partial charge in [-0.3, -0.25) is 0 Å². The zero-order valence-electron chi connectivity index (χ0n) is 8.53. The lowest BCUT2D eigenvalue weighted by Crippen LogP contribution is -1.86. The molecule has 0 aliphatic heterocycles. The van der Waals surface area contributed by atoms with Gasteiger partial charge in [0.15, 0.2) is 5.16 Å². The summed E-state index contributed by atoms with van der Waals surface area (Å²) in [6, 6.07) is 5.92. The van der Waals surface area contributed by atoms with Crippen LogP contribution < -0.4 is 10.5 Å². The van der Waals surface area contributed by atoms with Crippen molar-refractivity contribution in [2.24, 2.45) is 0 Å². The van der Waals surface area contributed by atoms with Crippen LogP contribution in [-0.4, -0.2) is 17.1 Å². The summed E-state index contributed by atoms with van der Waals surface area (Å²) in [5.74, 6) is 1.41. The number of hydrogen-bond acceptors (Lipinski definition) is 4. The smallest absolute Gasteiger partial charge is 0.171 e. The average molecular weight is 347 g/mol. The average Bonchev–Trinajstić information content (AvgIpc) is 2.67. The van der Waals surface area contributed by atoms with Gasteiger partial charge in [-0.05, 0) is 40.8 Å². The van der Waals surface area contributed by atoms with Crippen LogP contribution in [0.15, 0.2) is 34.4 Å². The van der Waals surface area contributed by atoms with Crippen LogP contribution in [0.1, 0.15) is 0 Å². The van der Waals surface area contributed by atoms with E-state index >= 15 is 0 Å². The highest BCUT2D eigenvalue weighted by Crippen LogP contribution is 2.32. The lowest BCUT2D eigenvalue weighted by Gasteiger charge is -2.05. The van der Waals surface area contributed by atoms with E-state index in [1.807, 2.05) is 18.2 Å². The number of halogens is 1. The minimum atomic E-state index is 0.570. The molecule has 0 bridgehead atoms. The topological polar surface area (TPSA) is 63.9 Å². The monoisotopic (exact) mass is 347 g/mol.